The van der Waals surface area contributed by atoms with Gasteiger partial charge in [-0.1, -0.05) is 12.8 Å². The van der Waals surface area contributed by atoms with Crippen molar-refractivity contribution in [2.24, 2.45) is 0 Å². The summed E-state index contributed by atoms with van der Waals surface area (Å²) >= 11 is 0. The van der Waals surface area contributed by atoms with Crippen LogP contribution in [0.25, 0.3) is 0 Å². The number of likely N-dealkylation sites (N-methyl/N-ethyl adjacent to an activating group) is 1. The van der Waals surface area contributed by atoms with Crippen molar-refractivity contribution in [2.75, 3.05) is 25.5 Å². The van der Waals surface area contributed by atoms with E-state index in [0.29, 0.717) is 30.1 Å². The van der Waals surface area contributed by atoms with E-state index >= 15 is 0 Å². The van der Waals surface area contributed by atoms with E-state index in [1.54, 1.807) is 12.1 Å². The van der Waals surface area contributed by atoms with Crippen LogP contribution in [-0.2, 0) is 0 Å². The molecule has 1 N–H and O–H groups in total. The lowest BCUT2D eigenvalue weighted by molar-refractivity contribution is -0.384. The van der Waals surface area contributed by atoms with Gasteiger partial charge in [-0.05, 0) is 32.0 Å². The van der Waals surface area contributed by atoms with E-state index in [1.165, 1.54) is 31.7 Å². The summed E-state index contributed by atoms with van der Waals surface area (Å²) < 4.78 is 0. The van der Waals surface area contributed by atoms with E-state index in [1.807, 2.05) is 0 Å². The zero-order chi connectivity index (χ0) is 15.2. The molecular formula is C15H21N3O3. The maximum atomic E-state index is 11.0. The Morgan fingerprint density at radius 1 is 1.43 bits per heavy atom. The van der Waals surface area contributed by atoms with Crippen LogP contribution in [0.5, 0.6) is 0 Å². The number of aldehydes is 1. The summed E-state index contributed by atoms with van der Waals surface area (Å²) in [5.41, 5.74) is 0.726. The van der Waals surface area contributed by atoms with E-state index in [0.717, 1.165) is 6.54 Å². The van der Waals surface area contributed by atoms with E-state index in [4.69, 9.17) is 0 Å². The molecule has 21 heavy (non-hydrogen) atoms. The third kappa shape index (κ3) is 4.01. The highest BCUT2D eigenvalue weighted by atomic mass is 16.6. The summed E-state index contributed by atoms with van der Waals surface area (Å²) in [6.45, 7) is 1.49. The Morgan fingerprint density at radius 3 is 2.76 bits per heavy atom. The average molecular weight is 291 g/mol. The highest BCUT2D eigenvalue weighted by Crippen LogP contribution is 2.25. The van der Waals surface area contributed by atoms with Gasteiger partial charge in [0.25, 0.3) is 5.69 Å². The molecule has 1 aromatic carbocycles. The smallest absolute Gasteiger partial charge is 0.293 e. The van der Waals surface area contributed by atoms with Crippen molar-refractivity contribution in [3.63, 3.8) is 0 Å². The number of nitrogens with zero attached hydrogens (tertiary/aromatic N) is 2. The second kappa shape index (κ2) is 7.17. The Bertz CT molecular complexity index is 513. The average Bonchev–Trinajstić information content (AvgIpc) is 3.01. The summed E-state index contributed by atoms with van der Waals surface area (Å²) in [6, 6.07) is 5.12. The standard InChI is InChI=1S/C15H21N3O3/c1-17(13-4-2-3-5-13)9-8-16-14-7-6-12(11-19)10-15(14)18(20)21/h6-7,10-11,13,16H,2-5,8-9H2,1H3. The van der Waals surface area contributed by atoms with Crippen molar-refractivity contribution < 1.29 is 9.72 Å². The third-order valence-electron chi connectivity index (χ3n) is 4.08. The lowest BCUT2D eigenvalue weighted by Crippen LogP contribution is -2.33. The van der Waals surface area contributed by atoms with Crippen LogP contribution in [0.4, 0.5) is 11.4 Å². The van der Waals surface area contributed by atoms with Crippen molar-refractivity contribution >= 4 is 17.7 Å². The molecule has 0 amide bonds. The molecule has 0 aliphatic heterocycles. The molecule has 1 aliphatic carbocycles. The van der Waals surface area contributed by atoms with Gasteiger partial charge in [0.1, 0.15) is 12.0 Å². The van der Waals surface area contributed by atoms with Gasteiger partial charge >= 0.3 is 0 Å². The Morgan fingerprint density at radius 2 is 2.14 bits per heavy atom. The number of hydrogen-bond donors (Lipinski definition) is 1. The van der Waals surface area contributed by atoms with Crippen molar-refractivity contribution in [2.45, 2.75) is 31.7 Å². The minimum Gasteiger partial charge on any atom is -0.378 e. The number of nitro benzene ring substituents is 1. The minimum atomic E-state index is -0.462. The first-order valence-electron chi connectivity index (χ1n) is 7.29. The highest BCUT2D eigenvalue weighted by Gasteiger charge is 2.19. The molecule has 1 fully saturated rings. The predicted molar refractivity (Wildman–Crippen MR) is 81.9 cm³/mol. The molecule has 1 aromatic rings. The van der Waals surface area contributed by atoms with Crippen LogP contribution in [0.15, 0.2) is 18.2 Å². The summed E-state index contributed by atoms with van der Waals surface area (Å²) in [4.78, 5) is 23.6. The van der Waals surface area contributed by atoms with E-state index in [9.17, 15) is 14.9 Å². The fraction of sp³-hybridized carbons (Fsp3) is 0.533. The van der Waals surface area contributed by atoms with Gasteiger partial charge in [-0.15, -0.1) is 0 Å². The minimum absolute atomic E-state index is 0.0527. The maximum Gasteiger partial charge on any atom is 0.293 e. The lowest BCUT2D eigenvalue weighted by atomic mass is 10.2. The topological polar surface area (TPSA) is 75.5 Å². The van der Waals surface area contributed by atoms with Gasteiger partial charge in [0.15, 0.2) is 0 Å². The second-order valence-electron chi connectivity index (χ2n) is 5.50. The SMILES string of the molecule is CN(CCNc1ccc(C=O)cc1[N+](=O)[O-])C1CCCC1. The van der Waals surface area contributed by atoms with E-state index in [-0.39, 0.29) is 5.69 Å². The Kier molecular flexibility index (Phi) is 5.27. The van der Waals surface area contributed by atoms with Crippen LogP contribution in [0.1, 0.15) is 36.0 Å². The van der Waals surface area contributed by atoms with E-state index in [2.05, 4.69) is 17.3 Å². The molecule has 0 unspecified atom stereocenters. The molecule has 0 aromatic heterocycles. The van der Waals surface area contributed by atoms with Gasteiger partial charge in [-0.25, -0.2) is 0 Å². The first-order chi connectivity index (χ1) is 10.1. The lowest BCUT2D eigenvalue weighted by Gasteiger charge is -2.24. The molecule has 1 aliphatic rings. The van der Waals surface area contributed by atoms with Gasteiger partial charge < -0.3 is 10.2 Å². The fourth-order valence-corrected chi connectivity index (χ4v) is 2.82. The number of nitrogens with one attached hydrogen (secondary N) is 1. The fourth-order valence-electron chi connectivity index (χ4n) is 2.82. The molecule has 0 heterocycles. The van der Waals surface area contributed by atoms with Gasteiger partial charge in [-0.2, -0.15) is 0 Å². The molecule has 114 valence electrons. The quantitative estimate of drug-likeness (QED) is 0.475. The van der Waals surface area contributed by atoms with Crippen LogP contribution in [-0.4, -0.2) is 42.3 Å². The molecule has 6 nitrogen and oxygen atoms in total. The van der Waals surface area contributed by atoms with Crippen molar-refractivity contribution in [1.82, 2.24) is 4.90 Å². The van der Waals surface area contributed by atoms with Crippen molar-refractivity contribution in [3.8, 4) is 0 Å². The molecule has 0 atom stereocenters. The van der Waals surface area contributed by atoms with Gasteiger partial charge in [0.2, 0.25) is 0 Å². The summed E-state index contributed by atoms with van der Waals surface area (Å²) in [5, 5.41) is 14.1. The monoisotopic (exact) mass is 291 g/mol. The zero-order valence-corrected chi connectivity index (χ0v) is 12.2. The van der Waals surface area contributed by atoms with Crippen LogP contribution >= 0.6 is 0 Å². The number of carbonyl (C=O) groups is 1. The number of benzene rings is 1. The maximum absolute atomic E-state index is 11.0. The number of anilines is 1. The first kappa shape index (κ1) is 15.4. The third-order valence-corrected chi connectivity index (χ3v) is 4.08. The molecule has 0 radical (unpaired) electrons. The molecule has 6 heteroatoms. The van der Waals surface area contributed by atoms with Gasteiger partial charge in [0.05, 0.1) is 4.92 Å². The van der Waals surface area contributed by atoms with Crippen LogP contribution in [0.3, 0.4) is 0 Å². The summed E-state index contributed by atoms with van der Waals surface area (Å²) in [5.74, 6) is 0. The zero-order valence-electron chi connectivity index (χ0n) is 12.2. The highest BCUT2D eigenvalue weighted by molar-refractivity contribution is 5.79. The molecule has 0 bridgehead atoms. The second-order valence-corrected chi connectivity index (χ2v) is 5.50. The molecule has 2 rings (SSSR count). The van der Waals surface area contributed by atoms with Crippen LogP contribution < -0.4 is 5.32 Å². The number of hydrogen-bond acceptors (Lipinski definition) is 5. The largest absolute Gasteiger partial charge is 0.378 e. The molecular weight excluding hydrogens is 270 g/mol. The van der Waals surface area contributed by atoms with Crippen LogP contribution in [0.2, 0.25) is 0 Å². The van der Waals surface area contributed by atoms with Crippen molar-refractivity contribution in [1.29, 1.82) is 0 Å². The normalized spacial score (nSPS) is 15.3. The number of rotatable bonds is 7. The Labute approximate surface area is 124 Å². The van der Waals surface area contributed by atoms with Gasteiger partial charge in [-0.3, -0.25) is 14.9 Å². The molecule has 0 spiro atoms. The Balaban J connectivity index is 1.93. The van der Waals surface area contributed by atoms with Gasteiger partial charge in [0, 0.05) is 30.8 Å². The van der Waals surface area contributed by atoms with Crippen molar-refractivity contribution in [3.05, 3.63) is 33.9 Å². The first-order valence-corrected chi connectivity index (χ1v) is 7.29. The predicted octanol–water partition coefficient (Wildman–Crippen LogP) is 2.69. The number of carbonyl (C=O) groups excluding carboxylic acids is 1. The molecule has 1 saturated carbocycles. The Hall–Kier alpha value is -1.95. The summed E-state index contributed by atoms with van der Waals surface area (Å²) in [6.07, 6.45) is 5.68. The van der Waals surface area contributed by atoms with Crippen LogP contribution in [0, 0.1) is 10.1 Å². The van der Waals surface area contributed by atoms with E-state index < -0.39 is 4.92 Å². The number of nitro groups is 1. The summed E-state index contributed by atoms with van der Waals surface area (Å²) in [7, 11) is 2.10. The molecule has 0 saturated heterocycles.